The van der Waals surface area contributed by atoms with Crippen molar-refractivity contribution in [2.24, 2.45) is 11.1 Å². The summed E-state index contributed by atoms with van der Waals surface area (Å²) in [6.07, 6.45) is 0.793. The summed E-state index contributed by atoms with van der Waals surface area (Å²) >= 11 is 0. The number of rotatable bonds is 5. The van der Waals surface area contributed by atoms with Crippen LogP contribution in [-0.4, -0.2) is 40.1 Å². The summed E-state index contributed by atoms with van der Waals surface area (Å²) in [7, 11) is -7.45. The van der Waals surface area contributed by atoms with Crippen molar-refractivity contribution < 1.29 is 21.6 Å². The fourth-order valence-corrected chi connectivity index (χ4v) is 5.83. The van der Waals surface area contributed by atoms with Gasteiger partial charge in [-0.05, 0) is 60.0 Å². The van der Waals surface area contributed by atoms with Gasteiger partial charge < -0.3 is 5.32 Å². The summed E-state index contributed by atoms with van der Waals surface area (Å²) in [6, 6.07) is 18.2. The minimum absolute atomic E-state index is 0.0392. The van der Waals surface area contributed by atoms with Gasteiger partial charge in [0.2, 0.25) is 26.0 Å². The minimum Gasteiger partial charge on any atom is -0.326 e. The third-order valence-electron chi connectivity index (χ3n) is 5.63. The molecule has 0 aromatic heterocycles. The van der Waals surface area contributed by atoms with Gasteiger partial charge in [-0.15, -0.1) is 0 Å². The van der Waals surface area contributed by atoms with Gasteiger partial charge in [-0.25, -0.2) is 22.0 Å². The zero-order valence-corrected chi connectivity index (χ0v) is 18.8. The first-order chi connectivity index (χ1) is 15.1. The number of nitrogens with one attached hydrogen (secondary N) is 1. The minimum atomic E-state index is -3.80. The van der Waals surface area contributed by atoms with E-state index in [2.05, 4.69) is 5.32 Å². The van der Waals surface area contributed by atoms with Crippen LogP contribution in [0.15, 0.2) is 76.5 Å². The third-order valence-corrected chi connectivity index (χ3v) is 8.46. The summed E-state index contributed by atoms with van der Waals surface area (Å²) in [5.41, 5.74) is 0.452. The second kappa shape index (κ2) is 8.62. The Kier molecular flexibility index (Phi) is 6.04. The van der Waals surface area contributed by atoms with Crippen LogP contribution < -0.4 is 10.5 Å². The third kappa shape index (κ3) is 4.68. The first-order valence-electron chi connectivity index (χ1n) is 10.1. The topological polar surface area (TPSA) is 127 Å². The zero-order chi connectivity index (χ0) is 22.9. The number of primary sulfonamides is 1. The van der Waals surface area contributed by atoms with E-state index < -0.39 is 20.0 Å². The fourth-order valence-electron chi connectivity index (χ4n) is 3.81. The summed E-state index contributed by atoms with van der Waals surface area (Å²) in [5, 5.41) is 9.66. The molecule has 0 aliphatic carbocycles. The summed E-state index contributed by atoms with van der Waals surface area (Å²) in [4.78, 5) is 12.8. The molecule has 4 rings (SSSR count). The lowest BCUT2D eigenvalue weighted by molar-refractivity contribution is -0.120. The van der Waals surface area contributed by atoms with E-state index in [9.17, 15) is 21.6 Å². The van der Waals surface area contributed by atoms with Crippen LogP contribution in [-0.2, 0) is 24.8 Å². The Labute approximate surface area is 187 Å². The van der Waals surface area contributed by atoms with Gasteiger partial charge in [0.15, 0.2) is 0 Å². The number of hydrogen-bond donors (Lipinski definition) is 2. The smallest absolute Gasteiger partial charge is 0.243 e. The average molecular weight is 474 g/mol. The number of nitrogens with two attached hydrogens (primary N) is 1. The molecule has 1 fully saturated rings. The number of piperidine rings is 1. The number of anilines is 1. The highest BCUT2D eigenvalue weighted by Gasteiger charge is 2.32. The van der Waals surface area contributed by atoms with Crippen LogP contribution in [0, 0.1) is 5.92 Å². The molecule has 8 nitrogen and oxygen atoms in total. The Morgan fingerprint density at radius 3 is 2.06 bits per heavy atom. The lowest BCUT2D eigenvalue weighted by Gasteiger charge is -2.30. The lowest BCUT2D eigenvalue weighted by atomic mass is 9.97. The normalized spacial score (nSPS) is 16.2. The van der Waals surface area contributed by atoms with Crippen LogP contribution >= 0.6 is 0 Å². The van der Waals surface area contributed by atoms with Crippen molar-refractivity contribution in [1.82, 2.24) is 4.31 Å². The van der Waals surface area contributed by atoms with Crippen molar-refractivity contribution in [3.05, 3.63) is 66.7 Å². The van der Waals surface area contributed by atoms with Crippen LogP contribution in [0.3, 0.4) is 0 Å². The first kappa shape index (κ1) is 22.4. The van der Waals surface area contributed by atoms with Gasteiger partial charge in [-0.1, -0.05) is 30.3 Å². The molecule has 3 aromatic rings. The van der Waals surface area contributed by atoms with Crippen LogP contribution in [0.25, 0.3) is 10.8 Å². The predicted molar refractivity (Wildman–Crippen MR) is 122 cm³/mol. The number of nitrogens with zero attached hydrogens (tertiary/aromatic N) is 1. The van der Waals surface area contributed by atoms with Gasteiger partial charge in [0.25, 0.3) is 0 Å². The molecule has 0 atom stereocenters. The second-order valence-electron chi connectivity index (χ2n) is 7.75. The predicted octanol–water partition coefficient (Wildman–Crippen LogP) is 2.53. The standard InChI is InChI=1S/C22H23N3O5S2/c23-31(27,28)20-9-6-19(7-10-20)24-22(26)17-11-13-25(14-12-17)32(29,30)21-8-5-16-3-1-2-4-18(16)15-21/h1-10,15,17H,11-14H2,(H,24,26)(H2,23,27,28). The molecule has 0 unspecified atom stereocenters. The molecule has 3 N–H and O–H groups in total. The van der Waals surface area contributed by atoms with Gasteiger partial charge in [-0.3, -0.25) is 4.79 Å². The Morgan fingerprint density at radius 1 is 0.844 bits per heavy atom. The van der Waals surface area contributed by atoms with Crippen molar-refractivity contribution >= 4 is 42.4 Å². The maximum absolute atomic E-state index is 13.1. The van der Waals surface area contributed by atoms with Crippen molar-refractivity contribution in [1.29, 1.82) is 0 Å². The van der Waals surface area contributed by atoms with Crippen molar-refractivity contribution in [2.75, 3.05) is 18.4 Å². The molecule has 1 amide bonds. The van der Waals surface area contributed by atoms with Gasteiger partial charge in [0.1, 0.15) is 0 Å². The van der Waals surface area contributed by atoms with Crippen LogP contribution in [0.1, 0.15) is 12.8 Å². The molecule has 1 aliphatic rings. The number of hydrogen-bond acceptors (Lipinski definition) is 5. The van der Waals surface area contributed by atoms with Gasteiger partial charge in [0, 0.05) is 24.7 Å². The Bertz CT molecular complexity index is 1360. The summed E-state index contributed by atoms with van der Waals surface area (Å²) < 4.78 is 50.2. The summed E-state index contributed by atoms with van der Waals surface area (Å²) in [5.74, 6) is -0.563. The lowest BCUT2D eigenvalue weighted by Crippen LogP contribution is -2.41. The van der Waals surface area contributed by atoms with Gasteiger partial charge in [0.05, 0.1) is 9.79 Å². The monoisotopic (exact) mass is 473 g/mol. The Hall–Kier alpha value is -2.79. The zero-order valence-electron chi connectivity index (χ0n) is 17.1. The van der Waals surface area contributed by atoms with E-state index in [1.54, 1.807) is 18.2 Å². The molecule has 0 radical (unpaired) electrons. The van der Waals surface area contributed by atoms with Crippen LogP contribution in [0.5, 0.6) is 0 Å². The maximum Gasteiger partial charge on any atom is 0.243 e. The SMILES string of the molecule is NS(=O)(=O)c1ccc(NC(=O)C2CCN(S(=O)(=O)c3ccc4ccccc4c3)CC2)cc1. The van der Waals surface area contributed by atoms with Crippen LogP contribution in [0.2, 0.25) is 0 Å². The highest BCUT2D eigenvalue weighted by molar-refractivity contribution is 7.89. The number of carbonyl (C=O) groups excluding carboxylic acids is 1. The van der Waals surface area contributed by atoms with E-state index in [0.29, 0.717) is 18.5 Å². The fraction of sp³-hybridized carbons (Fsp3) is 0.227. The highest BCUT2D eigenvalue weighted by Crippen LogP contribution is 2.27. The molecule has 3 aromatic carbocycles. The van der Waals surface area contributed by atoms with E-state index in [1.807, 2.05) is 24.3 Å². The quantitative estimate of drug-likeness (QED) is 0.589. The molecule has 1 heterocycles. The van der Waals surface area contributed by atoms with Crippen molar-refractivity contribution in [2.45, 2.75) is 22.6 Å². The number of sulfonamides is 2. The molecule has 0 spiro atoms. The largest absolute Gasteiger partial charge is 0.326 e. The molecule has 0 saturated carbocycles. The molecular weight excluding hydrogens is 450 g/mol. The summed E-state index contributed by atoms with van der Waals surface area (Å²) in [6.45, 7) is 0.495. The second-order valence-corrected chi connectivity index (χ2v) is 11.2. The first-order valence-corrected chi connectivity index (χ1v) is 13.1. The Morgan fingerprint density at radius 2 is 1.44 bits per heavy atom. The van der Waals surface area contributed by atoms with Crippen molar-refractivity contribution in [3.8, 4) is 0 Å². The van der Waals surface area contributed by atoms with E-state index >= 15 is 0 Å². The molecular formula is C22H23N3O5S2. The molecule has 168 valence electrons. The van der Waals surface area contributed by atoms with Gasteiger partial charge >= 0.3 is 0 Å². The molecule has 10 heteroatoms. The maximum atomic E-state index is 13.1. The van der Waals surface area contributed by atoms with Crippen LogP contribution in [0.4, 0.5) is 5.69 Å². The van der Waals surface area contributed by atoms with E-state index in [0.717, 1.165) is 10.8 Å². The van der Waals surface area contributed by atoms with E-state index in [-0.39, 0.29) is 34.7 Å². The van der Waals surface area contributed by atoms with Gasteiger partial charge in [-0.2, -0.15) is 4.31 Å². The average Bonchev–Trinajstić information content (AvgIpc) is 2.78. The van der Waals surface area contributed by atoms with Crippen molar-refractivity contribution in [3.63, 3.8) is 0 Å². The number of fused-ring (bicyclic) bond motifs is 1. The number of amides is 1. The number of carbonyl (C=O) groups is 1. The van der Waals surface area contributed by atoms with E-state index in [1.165, 1.54) is 28.6 Å². The van der Waals surface area contributed by atoms with E-state index in [4.69, 9.17) is 5.14 Å². The number of benzene rings is 3. The molecule has 32 heavy (non-hydrogen) atoms. The molecule has 1 aliphatic heterocycles. The molecule has 0 bridgehead atoms. The highest BCUT2D eigenvalue weighted by atomic mass is 32.2. The Balaban J connectivity index is 1.40. The molecule has 1 saturated heterocycles.